The van der Waals surface area contributed by atoms with Gasteiger partial charge in [-0.15, -0.1) is 0 Å². The van der Waals surface area contributed by atoms with Gasteiger partial charge < -0.3 is 15.6 Å². The van der Waals surface area contributed by atoms with Crippen molar-refractivity contribution in [1.82, 2.24) is 15.6 Å². The monoisotopic (exact) mass is 215 g/mol. The van der Waals surface area contributed by atoms with Crippen LogP contribution in [-0.2, 0) is 0 Å². The number of para-hydroxylation sites is 1. The number of H-pyrrole nitrogens is 1. The highest BCUT2D eigenvalue weighted by molar-refractivity contribution is 5.98. The number of rotatable bonds is 2. The lowest BCUT2D eigenvalue weighted by Crippen LogP contribution is -2.56. The normalized spacial score (nSPS) is 16.0. The minimum absolute atomic E-state index is 0.0253. The summed E-state index contributed by atoms with van der Waals surface area (Å²) in [5.74, 6) is -0.0253. The number of hydrogen-bond donors (Lipinski definition) is 3. The highest BCUT2D eigenvalue weighted by Gasteiger charge is 2.20. The lowest BCUT2D eigenvalue weighted by Gasteiger charge is -2.27. The fraction of sp³-hybridized carbons (Fsp3) is 0.250. The van der Waals surface area contributed by atoms with E-state index in [-0.39, 0.29) is 11.9 Å². The first kappa shape index (κ1) is 9.42. The maximum absolute atomic E-state index is 11.8. The second kappa shape index (κ2) is 3.64. The third-order valence-electron chi connectivity index (χ3n) is 2.89. The molecule has 3 N–H and O–H groups in total. The first-order valence-corrected chi connectivity index (χ1v) is 5.42. The summed E-state index contributed by atoms with van der Waals surface area (Å²) in [6.45, 7) is 1.73. The fourth-order valence-electron chi connectivity index (χ4n) is 1.85. The molecule has 0 atom stereocenters. The van der Waals surface area contributed by atoms with Crippen molar-refractivity contribution in [2.75, 3.05) is 13.1 Å². The summed E-state index contributed by atoms with van der Waals surface area (Å²) in [7, 11) is 0. The second-order valence-electron chi connectivity index (χ2n) is 4.10. The van der Waals surface area contributed by atoms with Crippen LogP contribution in [0, 0.1) is 0 Å². The van der Waals surface area contributed by atoms with Crippen LogP contribution in [-0.4, -0.2) is 30.0 Å². The van der Waals surface area contributed by atoms with Gasteiger partial charge in [-0.3, -0.25) is 4.79 Å². The molecule has 1 aromatic heterocycles. The standard InChI is InChI=1S/C12H13N3O/c16-12(14-9-6-13-7-9)11-5-8-3-1-2-4-10(8)15-11/h1-5,9,13,15H,6-7H2,(H,14,16). The Labute approximate surface area is 93.0 Å². The molecule has 1 saturated heterocycles. The van der Waals surface area contributed by atoms with Gasteiger partial charge >= 0.3 is 0 Å². The van der Waals surface area contributed by atoms with Crippen LogP contribution in [0.2, 0.25) is 0 Å². The molecule has 4 heteroatoms. The molecular weight excluding hydrogens is 202 g/mol. The Bertz CT molecular complexity index is 495. The molecule has 16 heavy (non-hydrogen) atoms. The summed E-state index contributed by atoms with van der Waals surface area (Å²) in [6.07, 6.45) is 0. The van der Waals surface area contributed by atoms with Crippen molar-refractivity contribution in [2.24, 2.45) is 0 Å². The number of carbonyl (C=O) groups is 1. The van der Waals surface area contributed by atoms with Crippen LogP contribution in [0.1, 0.15) is 10.5 Å². The minimum Gasteiger partial charge on any atom is -0.351 e. The van der Waals surface area contributed by atoms with Crippen molar-refractivity contribution in [3.05, 3.63) is 36.0 Å². The molecule has 3 rings (SSSR count). The van der Waals surface area contributed by atoms with E-state index in [1.54, 1.807) is 0 Å². The number of carbonyl (C=O) groups excluding carboxylic acids is 1. The van der Waals surface area contributed by atoms with E-state index in [0.29, 0.717) is 5.69 Å². The number of aromatic nitrogens is 1. The van der Waals surface area contributed by atoms with Crippen LogP contribution < -0.4 is 10.6 Å². The third kappa shape index (κ3) is 1.57. The number of aromatic amines is 1. The van der Waals surface area contributed by atoms with E-state index in [0.717, 1.165) is 24.0 Å². The average molecular weight is 215 g/mol. The molecular formula is C12H13N3O. The van der Waals surface area contributed by atoms with E-state index in [9.17, 15) is 4.79 Å². The summed E-state index contributed by atoms with van der Waals surface area (Å²) in [4.78, 5) is 15.0. The molecule has 2 aromatic rings. The van der Waals surface area contributed by atoms with Gasteiger partial charge in [0.25, 0.3) is 5.91 Å². The lowest BCUT2D eigenvalue weighted by molar-refractivity contribution is 0.0919. The molecule has 0 bridgehead atoms. The summed E-state index contributed by atoms with van der Waals surface area (Å²) in [6, 6.07) is 10.0. The van der Waals surface area contributed by atoms with E-state index >= 15 is 0 Å². The lowest BCUT2D eigenvalue weighted by atomic mass is 10.2. The second-order valence-corrected chi connectivity index (χ2v) is 4.10. The molecule has 2 heterocycles. The van der Waals surface area contributed by atoms with E-state index < -0.39 is 0 Å². The minimum atomic E-state index is -0.0253. The Morgan fingerprint density at radius 2 is 2.12 bits per heavy atom. The molecule has 1 aromatic carbocycles. The van der Waals surface area contributed by atoms with Crippen molar-refractivity contribution in [3.8, 4) is 0 Å². The summed E-state index contributed by atoms with van der Waals surface area (Å²) < 4.78 is 0. The Morgan fingerprint density at radius 1 is 1.31 bits per heavy atom. The smallest absolute Gasteiger partial charge is 0.268 e. The van der Waals surface area contributed by atoms with E-state index in [1.165, 1.54) is 0 Å². The van der Waals surface area contributed by atoms with Crippen molar-refractivity contribution in [2.45, 2.75) is 6.04 Å². The van der Waals surface area contributed by atoms with Gasteiger partial charge in [0.2, 0.25) is 0 Å². The predicted molar refractivity (Wildman–Crippen MR) is 62.4 cm³/mol. The Balaban J connectivity index is 1.84. The fourth-order valence-corrected chi connectivity index (χ4v) is 1.85. The third-order valence-corrected chi connectivity index (χ3v) is 2.89. The maximum atomic E-state index is 11.8. The topological polar surface area (TPSA) is 56.9 Å². The van der Waals surface area contributed by atoms with Gasteiger partial charge in [-0.2, -0.15) is 0 Å². The molecule has 0 unspecified atom stereocenters. The number of benzene rings is 1. The van der Waals surface area contributed by atoms with Crippen LogP contribution in [0.5, 0.6) is 0 Å². The number of nitrogens with one attached hydrogen (secondary N) is 3. The van der Waals surface area contributed by atoms with Gasteiger partial charge in [-0.25, -0.2) is 0 Å². The summed E-state index contributed by atoms with van der Waals surface area (Å²) in [5, 5.41) is 7.15. The molecule has 1 aliphatic heterocycles. The molecule has 1 amide bonds. The van der Waals surface area contributed by atoms with Crippen LogP contribution in [0.3, 0.4) is 0 Å². The molecule has 0 spiro atoms. The molecule has 4 nitrogen and oxygen atoms in total. The SMILES string of the molecule is O=C(NC1CNC1)c1cc2ccccc2[nH]1. The Kier molecular flexibility index (Phi) is 2.15. The highest BCUT2D eigenvalue weighted by atomic mass is 16.2. The number of hydrogen-bond acceptors (Lipinski definition) is 2. The molecule has 1 aliphatic rings. The van der Waals surface area contributed by atoms with Crippen molar-refractivity contribution < 1.29 is 4.79 Å². The van der Waals surface area contributed by atoms with Crippen molar-refractivity contribution in [3.63, 3.8) is 0 Å². The highest BCUT2D eigenvalue weighted by Crippen LogP contribution is 2.14. The Morgan fingerprint density at radius 3 is 2.81 bits per heavy atom. The molecule has 0 radical (unpaired) electrons. The largest absolute Gasteiger partial charge is 0.351 e. The van der Waals surface area contributed by atoms with Crippen molar-refractivity contribution >= 4 is 16.8 Å². The van der Waals surface area contributed by atoms with E-state index in [4.69, 9.17) is 0 Å². The van der Waals surface area contributed by atoms with Crippen LogP contribution >= 0.6 is 0 Å². The van der Waals surface area contributed by atoms with Gasteiger partial charge in [0.1, 0.15) is 5.69 Å². The number of amides is 1. The van der Waals surface area contributed by atoms with Crippen LogP contribution in [0.25, 0.3) is 10.9 Å². The summed E-state index contributed by atoms with van der Waals surface area (Å²) >= 11 is 0. The first-order valence-electron chi connectivity index (χ1n) is 5.42. The van der Waals surface area contributed by atoms with E-state index in [2.05, 4.69) is 15.6 Å². The predicted octanol–water partition coefficient (Wildman–Crippen LogP) is 0.869. The molecule has 0 aliphatic carbocycles. The molecule has 0 saturated carbocycles. The average Bonchev–Trinajstić information content (AvgIpc) is 2.66. The van der Waals surface area contributed by atoms with Gasteiger partial charge in [0.15, 0.2) is 0 Å². The van der Waals surface area contributed by atoms with Crippen LogP contribution in [0.4, 0.5) is 0 Å². The van der Waals surface area contributed by atoms with Gasteiger partial charge in [0.05, 0.1) is 6.04 Å². The zero-order valence-corrected chi connectivity index (χ0v) is 8.79. The number of fused-ring (bicyclic) bond motifs is 1. The zero-order valence-electron chi connectivity index (χ0n) is 8.79. The van der Waals surface area contributed by atoms with E-state index in [1.807, 2.05) is 30.3 Å². The van der Waals surface area contributed by atoms with Gasteiger partial charge in [-0.1, -0.05) is 18.2 Å². The van der Waals surface area contributed by atoms with Gasteiger partial charge in [-0.05, 0) is 12.1 Å². The maximum Gasteiger partial charge on any atom is 0.268 e. The summed E-state index contributed by atoms with van der Waals surface area (Å²) in [5.41, 5.74) is 1.63. The molecule has 82 valence electrons. The quantitative estimate of drug-likeness (QED) is 0.696. The van der Waals surface area contributed by atoms with Crippen molar-refractivity contribution in [1.29, 1.82) is 0 Å². The first-order chi connectivity index (χ1) is 7.83. The zero-order chi connectivity index (χ0) is 11.0. The van der Waals surface area contributed by atoms with Gasteiger partial charge in [0, 0.05) is 24.0 Å². The molecule has 1 fully saturated rings. The van der Waals surface area contributed by atoms with Crippen LogP contribution in [0.15, 0.2) is 30.3 Å². The Hall–Kier alpha value is -1.81.